The van der Waals surface area contributed by atoms with Crippen LogP contribution in [-0.4, -0.2) is 0 Å². The van der Waals surface area contributed by atoms with Crippen LogP contribution in [0.1, 0.15) is 0 Å². The van der Waals surface area contributed by atoms with Crippen LogP contribution in [0.15, 0.2) is 180 Å². The van der Waals surface area contributed by atoms with Crippen molar-refractivity contribution < 1.29 is 4.42 Å². The summed E-state index contributed by atoms with van der Waals surface area (Å²) in [5.41, 5.74) is 10.2. The smallest absolute Gasteiger partial charge is 0.135 e. The number of thiophene rings is 2. The van der Waals surface area contributed by atoms with Gasteiger partial charge in [0.25, 0.3) is 0 Å². The van der Waals surface area contributed by atoms with Crippen molar-refractivity contribution in [2.75, 3.05) is 4.90 Å². The first kappa shape index (κ1) is 29.5. The molecule has 0 amide bonds. The normalized spacial score (nSPS) is 11.8. The molecule has 11 aromatic rings. The Morgan fingerprint density at radius 3 is 1.92 bits per heavy atom. The largest absolute Gasteiger partial charge is 0.456 e. The monoisotopic (exact) mass is 699 g/mol. The summed E-state index contributed by atoms with van der Waals surface area (Å²) in [5.74, 6) is 0. The fourth-order valence-electron chi connectivity index (χ4n) is 7.89. The first-order valence-corrected chi connectivity index (χ1v) is 19.1. The minimum Gasteiger partial charge on any atom is -0.456 e. The van der Waals surface area contributed by atoms with E-state index >= 15 is 0 Å². The minimum atomic E-state index is 0.913. The van der Waals surface area contributed by atoms with Crippen LogP contribution < -0.4 is 4.90 Å². The van der Waals surface area contributed by atoms with E-state index in [-0.39, 0.29) is 0 Å². The van der Waals surface area contributed by atoms with Gasteiger partial charge in [0.2, 0.25) is 0 Å². The summed E-state index contributed by atoms with van der Waals surface area (Å²) in [5, 5.41) is 7.42. The zero-order valence-corrected chi connectivity index (χ0v) is 29.5. The molecular weight excluding hydrogens is 671 g/mol. The zero-order chi connectivity index (χ0) is 34.2. The van der Waals surface area contributed by atoms with E-state index in [0.29, 0.717) is 0 Å². The molecule has 0 radical (unpaired) electrons. The minimum absolute atomic E-state index is 0.913. The first-order valence-electron chi connectivity index (χ1n) is 17.5. The second kappa shape index (κ2) is 11.7. The van der Waals surface area contributed by atoms with Gasteiger partial charge in [-0.25, -0.2) is 0 Å². The molecule has 4 heteroatoms. The van der Waals surface area contributed by atoms with E-state index < -0.39 is 0 Å². The number of fused-ring (bicyclic) bond motifs is 9. The molecule has 11 rings (SSSR count). The van der Waals surface area contributed by atoms with Gasteiger partial charge in [0.15, 0.2) is 0 Å². The second-order valence-corrected chi connectivity index (χ2v) is 15.3. The SMILES string of the molecule is c1ccc(-c2cccc3c2sc2c(N(c4ccc(-c5ccc6oc7ccccc7c6c5)cc4)c4cccc5sc6ccccc6c45)cccc23)cc1. The number of rotatable bonds is 5. The molecule has 0 aliphatic carbocycles. The fourth-order valence-corrected chi connectivity index (χ4v) is 10.4. The Morgan fingerprint density at radius 2 is 1.04 bits per heavy atom. The Labute approximate surface area is 308 Å². The van der Waals surface area contributed by atoms with Gasteiger partial charge in [-0.05, 0) is 76.9 Å². The van der Waals surface area contributed by atoms with Crippen LogP contribution in [-0.2, 0) is 0 Å². The van der Waals surface area contributed by atoms with Gasteiger partial charge < -0.3 is 9.32 Å². The molecule has 0 aliphatic heterocycles. The van der Waals surface area contributed by atoms with Crippen LogP contribution >= 0.6 is 22.7 Å². The van der Waals surface area contributed by atoms with Crippen molar-refractivity contribution in [3.05, 3.63) is 176 Å². The number of para-hydroxylation sites is 1. The summed E-state index contributed by atoms with van der Waals surface area (Å²) in [6, 6.07) is 63.7. The van der Waals surface area contributed by atoms with E-state index in [1.54, 1.807) is 0 Å². The Bertz CT molecular complexity index is 3130. The Balaban J connectivity index is 1.13. The predicted octanol–water partition coefficient (Wildman–Crippen LogP) is 15.1. The molecule has 0 saturated carbocycles. The maximum absolute atomic E-state index is 6.14. The molecular formula is C48H29NOS2. The van der Waals surface area contributed by atoms with Crippen molar-refractivity contribution in [1.29, 1.82) is 0 Å². The Kier molecular flexibility index (Phi) is 6.63. The van der Waals surface area contributed by atoms with Crippen molar-refractivity contribution in [3.63, 3.8) is 0 Å². The standard InChI is InChI=1S/C48H29NOS2/c1-2-11-31(12-3-1)34-15-8-16-36-37-17-9-19-41(48(37)52-47(34)36)49(40-18-10-22-45-46(40)38-14-5-7-21-44(38)51-45)33-26-23-30(24-27-33)32-25-28-43-39(29-32)35-13-4-6-20-42(35)50-43/h1-29H. The quantitative estimate of drug-likeness (QED) is 0.178. The summed E-state index contributed by atoms with van der Waals surface area (Å²) in [4.78, 5) is 2.48. The average molecular weight is 700 g/mol. The highest BCUT2D eigenvalue weighted by molar-refractivity contribution is 7.27. The van der Waals surface area contributed by atoms with Crippen LogP contribution in [0.5, 0.6) is 0 Å². The topological polar surface area (TPSA) is 16.4 Å². The average Bonchev–Trinajstić information content (AvgIpc) is 3.90. The van der Waals surface area contributed by atoms with Crippen molar-refractivity contribution in [2.45, 2.75) is 0 Å². The number of anilines is 3. The molecule has 0 spiro atoms. The van der Waals surface area contributed by atoms with Gasteiger partial charge in [-0.15, -0.1) is 22.7 Å². The highest BCUT2D eigenvalue weighted by Crippen LogP contribution is 2.50. The summed E-state index contributed by atoms with van der Waals surface area (Å²) in [6.45, 7) is 0. The maximum atomic E-state index is 6.14. The van der Waals surface area contributed by atoms with Crippen LogP contribution in [0.3, 0.4) is 0 Å². The molecule has 0 atom stereocenters. The lowest BCUT2D eigenvalue weighted by Crippen LogP contribution is -2.10. The van der Waals surface area contributed by atoms with Gasteiger partial charge in [0.05, 0.1) is 16.1 Å². The van der Waals surface area contributed by atoms with Gasteiger partial charge in [-0.2, -0.15) is 0 Å². The molecule has 0 aliphatic rings. The van der Waals surface area contributed by atoms with E-state index in [2.05, 4.69) is 169 Å². The van der Waals surface area contributed by atoms with Crippen molar-refractivity contribution in [3.8, 4) is 22.3 Å². The van der Waals surface area contributed by atoms with Gasteiger partial charge in [0.1, 0.15) is 11.2 Å². The lowest BCUT2D eigenvalue weighted by atomic mass is 10.0. The molecule has 0 N–H and O–H groups in total. The van der Waals surface area contributed by atoms with Gasteiger partial charge in [0, 0.05) is 52.1 Å². The molecule has 3 aromatic heterocycles. The highest BCUT2D eigenvalue weighted by Gasteiger charge is 2.22. The Hall–Kier alpha value is -6.20. The first-order chi connectivity index (χ1) is 25.8. The van der Waals surface area contributed by atoms with Crippen LogP contribution in [0.2, 0.25) is 0 Å². The zero-order valence-electron chi connectivity index (χ0n) is 27.9. The van der Waals surface area contributed by atoms with Crippen LogP contribution in [0, 0.1) is 0 Å². The number of nitrogens with zero attached hydrogens (tertiary/aromatic N) is 1. The molecule has 0 saturated heterocycles. The van der Waals surface area contributed by atoms with Crippen molar-refractivity contribution >= 4 is 102 Å². The molecule has 8 aromatic carbocycles. The van der Waals surface area contributed by atoms with Gasteiger partial charge >= 0.3 is 0 Å². The summed E-state index contributed by atoms with van der Waals surface area (Å²) in [6.07, 6.45) is 0. The molecule has 0 fully saturated rings. The van der Waals surface area contributed by atoms with Crippen molar-refractivity contribution in [2.24, 2.45) is 0 Å². The molecule has 0 unspecified atom stereocenters. The number of hydrogen-bond donors (Lipinski definition) is 0. The third-order valence-corrected chi connectivity index (χ3v) is 12.7. The molecule has 2 nitrogen and oxygen atoms in total. The number of furan rings is 1. The van der Waals surface area contributed by atoms with E-state index in [4.69, 9.17) is 4.42 Å². The summed E-state index contributed by atoms with van der Waals surface area (Å²) in [7, 11) is 0. The third-order valence-electron chi connectivity index (χ3n) is 10.3. The van der Waals surface area contributed by atoms with Crippen LogP contribution in [0.4, 0.5) is 17.1 Å². The lowest BCUT2D eigenvalue weighted by Gasteiger charge is -2.27. The summed E-state index contributed by atoms with van der Waals surface area (Å²) < 4.78 is 11.3. The fraction of sp³-hybridized carbons (Fsp3) is 0. The van der Waals surface area contributed by atoms with Gasteiger partial charge in [-0.1, -0.05) is 121 Å². The third kappa shape index (κ3) is 4.55. The Morgan fingerprint density at radius 1 is 0.385 bits per heavy atom. The van der Waals surface area contributed by atoms with E-state index in [9.17, 15) is 0 Å². The maximum Gasteiger partial charge on any atom is 0.135 e. The number of benzene rings is 8. The molecule has 52 heavy (non-hydrogen) atoms. The predicted molar refractivity (Wildman–Crippen MR) is 225 cm³/mol. The van der Waals surface area contributed by atoms with E-state index in [0.717, 1.165) is 27.6 Å². The van der Waals surface area contributed by atoms with Crippen molar-refractivity contribution in [1.82, 2.24) is 0 Å². The second-order valence-electron chi connectivity index (χ2n) is 13.2. The van der Waals surface area contributed by atoms with E-state index in [1.807, 2.05) is 34.8 Å². The molecule has 244 valence electrons. The van der Waals surface area contributed by atoms with Crippen LogP contribution in [0.25, 0.3) is 84.5 Å². The highest BCUT2D eigenvalue weighted by atomic mass is 32.1. The summed E-state index contributed by atoms with van der Waals surface area (Å²) >= 11 is 3.75. The van der Waals surface area contributed by atoms with E-state index in [1.165, 1.54) is 74.0 Å². The van der Waals surface area contributed by atoms with Gasteiger partial charge in [-0.3, -0.25) is 0 Å². The molecule has 3 heterocycles. The number of hydrogen-bond acceptors (Lipinski definition) is 4. The molecule has 0 bridgehead atoms. The lowest BCUT2D eigenvalue weighted by molar-refractivity contribution is 0.669.